The Bertz CT molecular complexity index is 811. The summed E-state index contributed by atoms with van der Waals surface area (Å²) in [6, 6.07) is 18.1. The molecule has 1 aromatic heterocycles. The number of phenols is 1. The molecule has 0 amide bonds. The van der Waals surface area contributed by atoms with Gasteiger partial charge in [0, 0.05) is 19.1 Å². The quantitative estimate of drug-likeness (QED) is 0.758. The van der Waals surface area contributed by atoms with Crippen LogP contribution in [-0.4, -0.2) is 31.0 Å². The summed E-state index contributed by atoms with van der Waals surface area (Å²) in [6.07, 6.45) is 4.45. The van der Waals surface area contributed by atoms with Crippen LogP contribution in [0, 0.1) is 0 Å². The van der Waals surface area contributed by atoms with Gasteiger partial charge in [0.05, 0.1) is 17.6 Å². The van der Waals surface area contributed by atoms with Gasteiger partial charge in [0.1, 0.15) is 5.75 Å². The number of aromatic nitrogens is 3. The normalized spacial score (nSPS) is 14.2. The highest BCUT2D eigenvalue weighted by Crippen LogP contribution is 2.30. The minimum absolute atomic E-state index is 0.318. The van der Waals surface area contributed by atoms with Crippen LogP contribution in [0.3, 0.4) is 0 Å². The van der Waals surface area contributed by atoms with E-state index >= 15 is 0 Å². The second-order valence-corrected chi connectivity index (χ2v) is 6.30. The average Bonchev–Trinajstić information content (AvgIpc) is 3.35. The highest BCUT2D eigenvalue weighted by molar-refractivity contribution is 5.30. The molecule has 0 bridgehead atoms. The van der Waals surface area contributed by atoms with E-state index in [4.69, 9.17) is 0 Å². The lowest BCUT2D eigenvalue weighted by molar-refractivity contribution is 0.242. The SMILES string of the molecule is Oc1cccc(CN(Cc2cn(-c3ccccc3)nn2)C2CC2)c1. The maximum Gasteiger partial charge on any atom is 0.115 e. The lowest BCUT2D eigenvalue weighted by Crippen LogP contribution is -2.25. The summed E-state index contributed by atoms with van der Waals surface area (Å²) < 4.78 is 1.81. The molecule has 1 fully saturated rings. The predicted octanol–water partition coefficient (Wildman–Crippen LogP) is 3.14. The molecule has 1 heterocycles. The molecule has 0 atom stereocenters. The second kappa shape index (κ2) is 6.45. The average molecular weight is 320 g/mol. The Morgan fingerprint density at radius 2 is 1.88 bits per heavy atom. The van der Waals surface area contributed by atoms with Gasteiger partial charge in [-0.05, 0) is 42.7 Å². The van der Waals surface area contributed by atoms with Crippen LogP contribution in [0.4, 0.5) is 0 Å². The Morgan fingerprint density at radius 3 is 2.62 bits per heavy atom. The molecule has 1 aliphatic rings. The van der Waals surface area contributed by atoms with Gasteiger partial charge in [-0.1, -0.05) is 35.5 Å². The first-order valence-corrected chi connectivity index (χ1v) is 8.26. The lowest BCUT2D eigenvalue weighted by Gasteiger charge is -2.20. The molecule has 3 aromatic rings. The summed E-state index contributed by atoms with van der Waals surface area (Å²) in [5.74, 6) is 0.318. The van der Waals surface area contributed by atoms with Crippen molar-refractivity contribution in [2.75, 3.05) is 0 Å². The summed E-state index contributed by atoms with van der Waals surface area (Å²) in [6.45, 7) is 1.59. The fraction of sp³-hybridized carbons (Fsp3) is 0.263. The van der Waals surface area contributed by atoms with Crippen molar-refractivity contribution in [2.45, 2.75) is 32.0 Å². The fourth-order valence-electron chi connectivity index (χ4n) is 2.93. The molecule has 0 spiro atoms. The third-order valence-corrected chi connectivity index (χ3v) is 4.29. The van der Waals surface area contributed by atoms with E-state index in [-0.39, 0.29) is 0 Å². The number of nitrogens with zero attached hydrogens (tertiary/aromatic N) is 4. The van der Waals surface area contributed by atoms with Crippen molar-refractivity contribution in [1.82, 2.24) is 19.9 Å². The van der Waals surface area contributed by atoms with E-state index in [2.05, 4.69) is 21.3 Å². The van der Waals surface area contributed by atoms with E-state index in [1.54, 1.807) is 6.07 Å². The van der Waals surface area contributed by atoms with E-state index in [0.29, 0.717) is 11.8 Å². The van der Waals surface area contributed by atoms with Crippen molar-refractivity contribution in [3.63, 3.8) is 0 Å². The van der Waals surface area contributed by atoms with Gasteiger partial charge in [0.2, 0.25) is 0 Å². The summed E-state index contributed by atoms with van der Waals surface area (Å²) in [5.41, 5.74) is 3.10. The number of hydrogen-bond donors (Lipinski definition) is 1. The molecule has 1 N–H and O–H groups in total. The minimum Gasteiger partial charge on any atom is -0.508 e. The highest BCUT2D eigenvalue weighted by atomic mass is 16.3. The fourth-order valence-corrected chi connectivity index (χ4v) is 2.93. The van der Waals surface area contributed by atoms with Crippen molar-refractivity contribution in [1.29, 1.82) is 0 Å². The van der Waals surface area contributed by atoms with Crippen molar-refractivity contribution < 1.29 is 5.11 Å². The van der Waals surface area contributed by atoms with Crippen molar-refractivity contribution in [3.05, 3.63) is 72.1 Å². The van der Waals surface area contributed by atoms with E-state index in [9.17, 15) is 5.11 Å². The number of phenolic OH excluding ortho intramolecular Hbond substituents is 1. The van der Waals surface area contributed by atoms with Crippen molar-refractivity contribution in [2.24, 2.45) is 0 Å². The standard InChI is InChI=1S/C19H20N4O/c24-19-8-4-5-15(11-19)12-22(17-9-10-17)13-16-14-23(21-20-16)18-6-2-1-3-7-18/h1-8,11,14,17,24H,9-10,12-13H2. The minimum atomic E-state index is 0.318. The molecule has 0 unspecified atom stereocenters. The number of para-hydroxylation sites is 1. The zero-order chi connectivity index (χ0) is 16.4. The molecule has 2 aromatic carbocycles. The second-order valence-electron chi connectivity index (χ2n) is 6.30. The Labute approximate surface area is 141 Å². The largest absolute Gasteiger partial charge is 0.508 e. The van der Waals surface area contributed by atoms with Crippen LogP contribution in [0.25, 0.3) is 5.69 Å². The summed E-state index contributed by atoms with van der Waals surface area (Å²) in [7, 11) is 0. The molecule has 0 saturated heterocycles. The number of benzene rings is 2. The summed E-state index contributed by atoms with van der Waals surface area (Å²) >= 11 is 0. The van der Waals surface area contributed by atoms with Crippen molar-refractivity contribution >= 4 is 0 Å². The third-order valence-electron chi connectivity index (χ3n) is 4.29. The van der Waals surface area contributed by atoms with Gasteiger partial charge >= 0.3 is 0 Å². The smallest absolute Gasteiger partial charge is 0.115 e. The van der Waals surface area contributed by atoms with Gasteiger partial charge in [0.25, 0.3) is 0 Å². The molecule has 0 aliphatic heterocycles. The Hall–Kier alpha value is -2.66. The highest BCUT2D eigenvalue weighted by Gasteiger charge is 2.29. The van der Waals surface area contributed by atoms with Gasteiger partial charge < -0.3 is 5.11 Å². The molecule has 24 heavy (non-hydrogen) atoms. The van der Waals surface area contributed by atoms with E-state index in [1.165, 1.54) is 12.8 Å². The van der Waals surface area contributed by atoms with Crippen molar-refractivity contribution in [3.8, 4) is 11.4 Å². The van der Waals surface area contributed by atoms with E-state index < -0.39 is 0 Å². The zero-order valence-corrected chi connectivity index (χ0v) is 13.4. The molecule has 4 rings (SSSR count). The van der Waals surface area contributed by atoms with E-state index in [1.807, 2.05) is 53.3 Å². The van der Waals surface area contributed by atoms with Crippen LogP contribution < -0.4 is 0 Å². The van der Waals surface area contributed by atoms with Gasteiger partial charge in [-0.15, -0.1) is 5.10 Å². The number of rotatable bonds is 6. The molecular weight excluding hydrogens is 300 g/mol. The van der Waals surface area contributed by atoms with Gasteiger partial charge in [-0.3, -0.25) is 4.90 Å². The van der Waals surface area contributed by atoms with Gasteiger partial charge in [-0.25, -0.2) is 4.68 Å². The molecular formula is C19H20N4O. The Balaban J connectivity index is 1.49. The van der Waals surface area contributed by atoms with Crippen LogP contribution in [0.5, 0.6) is 5.75 Å². The van der Waals surface area contributed by atoms with Gasteiger partial charge in [-0.2, -0.15) is 0 Å². The van der Waals surface area contributed by atoms with E-state index in [0.717, 1.165) is 30.0 Å². The van der Waals surface area contributed by atoms with Crippen LogP contribution in [0.15, 0.2) is 60.8 Å². The Kier molecular flexibility index (Phi) is 4.01. The monoisotopic (exact) mass is 320 g/mol. The molecule has 122 valence electrons. The maximum atomic E-state index is 9.66. The first-order chi connectivity index (χ1) is 11.8. The lowest BCUT2D eigenvalue weighted by atomic mass is 10.2. The molecule has 0 radical (unpaired) electrons. The third kappa shape index (κ3) is 3.46. The van der Waals surface area contributed by atoms with Crippen LogP contribution >= 0.6 is 0 Å². The first-order valence-electron chi connectivity index (χ1n) is 8.26. The van der Waals surface area contributed by atoms with Crippen LogP contribution in [-0.2, 0) is 13.1 Å². The zero-order valence-electron chi connectivity index (χ0n) is 13.4. The number of aromatic hydroxyl groups is 1. The molecule has 5 nitrogen and oxygen atoms in total. The molecule has 1 saturated carbocycles. The topological polar surface area (TPSA) is 54.2 Å². The predicted molar refractivity (Wildman–Crippen MR) is 91.7 cm³/mol. The van der Waals surface area contributed by atoms with Gasteiger partial charge in [0.15, 0.2) is 0 Å². The summed E-state index contributed by atoms with van der Waals surface area (Å²) in [4.78, 5) is 2.41. The Morgan fingerprint density at radius 1 is 1.04 bits per heavy atom. The van der Waals surface area contributed by atoms with Crippen LogP contribution in [0.1, 0.15) is 24.1 Å². The maximum absolute atomic E-state index is 9.66. The molecule has 5 heteroatoms. The van der Waals surface area contributed by atoms with Crippen LogP contribution in [0.2, 0.25) is 0 Å². The summed E-state index contributed by atoms with van der Waals surface area (Å²) in [5, 5.41) is 18.2. The first kappa shape index (κ1) is 14.9. The number of hydrogen-bond acceptors (Lipinski definition) is 4. The molecule has 1 aliphatic carbocycles.